The van der Waals surface area contributed by atoms with E-state index in [2.05, 4.69) is 41.6 Å². The molecule has 0 spiro atoms. The number of nitrogens with zero attached hydrogens (tertiary/aromatic N) is 2. The molecular formula is C19H23N3O2. The standard InChI is InChI=1S/C19H23N3O2/c1-14-4-6-15(7-5-14)18-9-8-17(24-18)11-20-13-19(2,23)16-10-21-22(3)12-16/h4-10,12,20,23H,11,13H2,1-3H3. The first kappa shape index (κ1) is 16.5. The maximum atomic E-state index is 10.5. The van der Waals surface area contributed by atoms with E-state index in [1.807, 2.05) is 25.4 Å². The van der Waals surface area contributed by atoms with Crippen LogP contribution >= 0.6 is 0 Å². The van der Waals surface area contributed by atoms with Crippen molar-refractivity contribution in [1.29, 1.82) is 0 Å². The zero-order valence-corrected chi connectivity index (χ0v) is 14.3. The van der Waals surface area contributed by atoms with Crippen LogP contribution in [0.2, 0.25) is 0 Å². The lowest BCUT2D eigenvalue weighted by Crippen LogP contribution is -2.34. The largest absolute Gasteiger partial charge is 0.460 e. The highest BCUT2D eigenvalue weighted by molar-refractivity contribution is 5.57. The van der Waals surface area contributed by atoms with Crippen molar-refractivity contribution in [3.63, 3.8) is 0 Å². The molecule has 3 aromatic rings. The monoisotopic (exact) mass is 325 g/mol. The predicted molar refractivity (Wildman–Crippen MR) is 93.4 cm³/mol. The zero-order valence-electron chi connectivity index (χ0n) is 14.3. The van der Waals surface area contributed by atoms with Gasteiger partial charge in [-0.05, 0) is 26.0 Å². The average molecular weight is 325 g/mol. The Kier molecular flexibility index (Phi) is 4.55. The lowest BCUT2D eigenvalue weighted by atomic mass is 10.00. The lowest BCUT2D eigenvalue weighted by Gasteiger charge is -2.22. The van der Waals surface area contributed by atoms with Gasteiger partial charge in [-0.3, -0.25) is 4.68 Å². The quantitative estimate of drug-likeness (QED) is 0.731. The van der Waals surface area contributed by atoms with Gasteiger partial charge in [-0.25, -0.2) is 0 Å². The Balaban J connectivity index is 1.58. The third kappa shape index (κ3) is 3.75. The van der Waals surface area contributed by atoms with Crippen LogP contribution in [0, 0.1) is 6.92 Å². The fourth-order valence-electron chi connectivity index (χ4n) is 2.58. The number of furan rings is 1. The number of aromatic nitrogens is 2. The van der Waals surface area contributed by atoms with Crippen molar-refractivity contribution < 1.29 is 9.52 Å². The summed E-state index contributed by atoms with van der Waals surface area (Å²) in [5.74, 6) is 1.69. The molecule has 2 heterocycles. The lowest BCUT2D eigenvalue weighted by molar-refractivity contribution is 0.0561. The first-order valence-electron chi connectivity index (χ1n) is 8.02. The summed E-state index contributed by atoms with van der Waals surface area (Å²) in [5.41, 5.74) is 2.11. The molecule has 2 aromatic heterocycles. The summed E-state index contributed by atoms with van der Waals surface area (Å²) in [7, 11) is 1.84. The number of rotatable bonds is 6. The van der Waals surface area contributed by atoms with E-state index in [0.717, 1.165) is 22.6 Å². The van der Waals surface area contributed by atoms with Crippen LogP contribution in [-0.4, -0.2) is 21.4 Å². The smallest absolute Gasteiger partial charge is 0.134 e. The van der Waals surface area contributed by atoms with Gasteiger partial charge in [-0.15, -0.1) is 0 Å². The van der Waals surface area contributed by atoms with Gasteiger partial charge in [0, 0.05) is 30.9 Å². The second kappa shape index (κ2) is 6.63. The van der Waals surface area contributed by atoms with Crippen molar-refractivity contribution in [3.8, 4) is 11.3 Å². The molecule has 0 fully saturated rings. The second-order valence-electron chi connectivity index (χ2n) is 6.41. The van der Waals surface area contributed by atoms with E-state index >= 15 is 0 Å². The summed E-state index contributed by atoms with van der Waals surface area (Å²) in [6.45, 7) is 4.81. The molecule has 0 radical (unpaired) electrons. The minimum Gasteiger partial charge on any atom is -0.460 e. The zero-order chi connectivity index (χ0) is 17.2. The minimum atomic E-state index is -0.972. The highest BCUT2D eigenvalue weighted by Gasteiger charge is 2.24. The van der Waals surface area contributed by atoms with Gasteiger partial charge >= 0.3 is 0 Å². The van der Waals surface area contributed by atoms with Gasteiger partial charge in [0.05, 0.1) is 12.7 Å². The maximum absolute atomic E-state index is 10.5. The molecule has 5 heteroatoms. The normalized spacial score (nSPS) is 13.8. The van der Waals surface area contributed by atoms with E-state index in [9.17, 15) is 5.11 Å². The van der Waals surface area contributed by atoms with Gasteiger partial charge in [-0.1, -0.05) is 29.8 Å². The summed E-state index contributed by atoms with van der Waals surface area (Å²) in [6, 6.07) is 12.2. The van der Waals surface area contributed by atoms with Gasteiger partial charge < -0.3 is 14.8 Å². The molecule has 1 unspecified atom stereocenters. The molecule has 24 heavy (non-hydrogen) atoms. The van der Waals surface area contributed by atoms with Crippen LogP contribution in [0.1, 0.15) is 23.8 Å². The summed E-state index contributed by atoms with van der Waals surface area (Å²) < 4.78 is 7.56. The van der Waals surface area contributed by atoms with Crippen LogP contribution < -0.4 is 5.32 Å². The number of nitrogens with one attached hydrogen (secondary N) is 1. The van der Waals surface area contributed by atoms with Crippen LogP contribution in [0.25, 0.3) is 11.3 Å². The molecule has 5 nitrogen and oxygen atoms in total. The molecule has 1 atom stereocenters. The molecule has 126 valence electrons. The van der Waals surface area contributed by atoms with Crippen LogP contribution in [0.4, 0.5) is 0 Å². The van der Waals surface area contributed by atoms with Crippen LogP contribution in [0.15, 0.2) is 53.2 Å². The number of aliphatic hydroxyl groups is 1. The molecule has 2 N–H and O–H groups in total. The second-order valence-corrected chi connectivity index (χ2v) is 6.41. The Labute approximate surface area is 141 Å². The number of hydrogen-bond donors (Lipinski definition) is 2. The van der Waals surface area contributed by atoms with Gasteiger partial charge in [-0.2, -0.15) is 5.10 Å². The topological polar surface area (TPSA) is 63.2 Å². The van der Waals surface area contributed by atoms with Gasteiger partial charge in [0.15, 0.2) is 0 Å². The summed E-state index contributed by atoms with van der Waals surface area (Å²) >= 11 is 0. The van der Waals surface area contributed by atoms with Gasteiger partial charge in [0.1, 0.15) is 17.1 Å². The van der Waals surface area contributed by atoms with Crippen LogP contribution in [0.3, 0.4) is 0 Å². The predicted octanol–water partition coefficient (Wildman–Crippen LogP) is 2.99. The number of hydrogen-bond acceptors (Lipinski definition) is 4. The summed E-state index contributed by atoms with van der Waals surface area (Å²) in [6.07, 6.45) is 3.51. The molecule has 1 aromatic carbocycles. The van der Waals surface area contributed by atoms with Crippen molar-refractivity contribution in [1.82, 2.24) is 15.1 Å². The summed E-state index contributed by atoms with van der Waals surface area (Å²) in [4.78, 5) is 0. The number of aryl methyl sites for hydroxylation is 2. The third-order valence-electron chi connectivity index (χ3n) is 4.09. The van der Waals surface area contributed by atoms with Crippen molar-refractivity contribution >= 4 is 0 Å². The van der Waals surface area contributed by atoms with Crippen LogP contribution in [0.5, 0.6) is 0 Å². The molecular weight excluding hydrogens is 302 g/mol. The first-order chi connectivity index (χ1) is 11.4. The molecule has 0 aliphatic rings. The molecule has 3 rings (SSSR count). The van der Waals surface area contributed by atoms with Gasteiger partial charge in [0.2, 0.25) is 0 Å². The van der Waals surface area contributed by atoms with Crippen molar-refractivity contribution in [2.75, 3.05) is 6.54 Å². The Hall–Kier alpha value is -2.37. The van der Waals surface area contributed by atoms with Crippen molar-refractivity contribution in [2.45, 2.75) is 26.0 Å². The Morgan fingerprint density at radius 1 is 1.21 bits per heavy atom. The van der Waals surface area contributed by atoms with Crippen molar-refractivity contribution in [3.05, 3.63) is 65.7 Å². The highest BCUT2D eigenvalue weighted by Crippen LogP contribution is 2.23. The van der Waals surface area contributed by atoms with E-state index in [1.54, 1.807) is 17.8 Å². The summed E-state index contributed by atoms with van der Waals surface area (Å²) in [5, 5.41) is 17.9. The SMILES string of the molecule is Cc1ccc(-c2ccc(CNCC(C)(O)c3cnn(C)c3)o2)cc1. The average Bonchev–Trinajstić information content (AvgIpc) is 3.17. The Bertz CT molecular complexity index is 800. The minimum absolute atomic E-state index is 0.416. The van der Waals surface area contributed by atoms with E-state index in [1.165, 1.54) is 5.56 Å². The molecule has 0 aliphatic carbocycles. The van der Waals surface area contributed by atoms with E-state index < -0.39 is 5.60 Å². The maximum Gasteiger partial charge on any atom is 0.134 e. The molecule has 0 saturated heterocycles. The van der Waals surface area contributed by atoms with E-state index in [-0.39, 0.29) is 0 Å². The first-order valence-corrected chi connectivity index (χ1v) is 8.02. The van der Waals surface area contributed by atoms with Crippen molar-refractivity contribution in [2.24, 2.45) is 7.05 Å². The van der Waals surface area contributed by atoms with Gasteiger partial charge in [0.25, 0.3) is 0 Å². The fraction of sp³-hybridized carbons (Fsp3) is 0.316. The number of benzene rings is 1. The molecule has 0 aliphatic heterocycles. The molecule has 0 saturated carbocycles. The fourth-order valence-corrected chi connectivity index (χ4v) is 2.58. The third-order valence-corrected chi connectivity index (χ3v) is 4.09. The molecule has 0 bridgehead atoms. The Morgan fingerprint density at radius 3 is 2.62 bits per heavy atom. The van der Waals surface area contributed by atoms with E-state index in [4.69, 9.17) is 4.42 Å². The van der Waals surface area contributed by atoms with E-state index in [0.29, 0.717) is 13.1 Å². The molecule has 0 amide bonds. The Morgan fingerprint density at radius 2 is 1.96 bits per heavy atom. The van der Waals surface area contributed by atoms with Crippen LogP contribution in [-0.2, 0) is 19.2 Å². The highest BCUT2D eigenvalue weighted by atomic mass is 16.3.